The Balaban J connectivity index is 1.76. The average Bonchev–Trinajstić information content (AvgIpc) is 2.24. The molecule has 0 amide bonds. The van der Waals surface area contributed by atoms with Gasteiger partial charge < -0.3 is 4.74 Å². The van der Waals surface area contributed by atoms with Crippen LogP contribution in [-0.4, -0.2) is 12.6 Å². The van der Waals surface area contributed by atoms with Gasteiger partial charge in [-0.1, -0.05) is 58.3 Å². The SMILES string of the molecule is CCCCCCCCCCOC(=O)C1CCC1. The van der Waals surface area contributed by atoms with Gasteiger partial charge in [-0.2, -0.15) is 0 Å². The molecule has 1 aliphatic carbocycles. The second kappa shape index (κ2) is 9.49. The van der Waals surface area contributed by atoms with Crippen LogP contribution in [0.2, 0.25) is 0 Å². The van der Waals surface area contributed by atoms with E-state index in [2.05, 4.69) is 6.92 Å². The normalized spacial score (nSPS) is 15.6. The third kappa shape index (κ3) is 6.70. The smallest absolute Gasteiger partial charge is 0.308 e. The molecule has 0 aromatic carbocycles. The Morgan fingerprint density at radius 3 is 2.12 bits per heavy atom. The van der Waals surface area contributed by atoms with E-state index in [-0.39, 0.29) is 11.9 Å². The van der Waals surface area contributed by atoms with Crippen molar-refractivity contribution in [2.24, 2.45) is 5.92 Å². The number of hydrogen-bond acceptors (Lipinski definition) is 2. The Hall–Kier alpha value is -0.530. The molecule has 17 heavy (non-hydrogen) atoms. The van der Waals surface area contributed by atoms with Crippen LogP contribution >= 0.6 is 0 Å². The summed E-state index contributed by atoms with van der Waals surface area (Å²) in [5, 5.41) is 0. The fraction of sp³-hybridized carbons (Fsp3) is 0.933. The zero-order valence-corrected chi connectivity index (χ0v) is 11.4. The van der Waals surface area contributed by atoms with Gasteiger partial charge in [0.25, 0.3) is 0 Å². The van der Waals surface area contributed by atoms with Crippen molar-refractivity contribution in [2.45, 2.75) is 77.6 Å². The maximum atomic E-state index is 11.4. The fourth-order valence-electron chi connectivity index (χ4n) is 2.17. The van der Waals surface area contributed by atoms with E-state index < -0.39 is 0 Å². The van der Waals surface area contributed by atoms with Crippen molar-refractivity contribution in [3.8, 4) is 0 Å². The molecular weight excluding hydrogens is 212 g/mol. The van der Waals surface area contributed by atoms with E-state index in [1.807, 2.05) is 0 Å². The highest BCUT2D eigenvalue weighted by atomic mass is 16.5. The lowest BCUT2D eigenvalue weighted by Crippen LogP contribution is -2.24. The fourth-order valence-corrected chi connectivity index (χ4v) is 2.17. The van der Waals surface area contributed by atoms with Crippen LogP contribution in [0.1, 0.15) is 77.6 Å². The molecule has 0 bridgehead atoms. The molecule has 2 nitrogen and oxygen atoms in total. The third-order valence-corrected chi connectivity index (χ3v) is 3.68. The summed E-state index contributed by atoms with van der Waals surface area (Å²) in [7, 11) is 0. The van der Waals surface area contributed by atoms with Crippen LogP contribution in [0.4, 0.5) is 0 Å². The molecule has 2 heteroatoms. The summed E-state index contributed by atoms with van der Waals surface area (Å²) in [6.45, 7) is 2.89. The van der Waals surface area contributed by atoms with Crippen molar-refractivity contribution in [3.05, 3.63) is 0 Å². The molecule has 0 unspecified atom stereocenters. The van der Waals surface area contributed by atoms with Gasteiger partial charge in [-0.25, -0.2) is 0 Å². The second-order valence-corrected chi connectivity index (χ2v) is 5.27. The van der Waals surface area contributed by atoms with Gasteiger partial charge in [-0.3, -0.25) is 4.79 Å². The van der Waals surface area contributed by atoms with Gasteiger partial charge in [0.15, 0.2) is 0 Å². The maximum absolute atomic E-state index is 11.4. The lowest BCUT2D eigenvalue weighted by Gasteiger charge is -2.22. The van der Waals surface area contributed by atoms with Crippen LogP contribution in [0.15, 0.2) is 0 Å². The van der Waals surface area contributed by atoms with Crippen molar-refractivity contribution < 1.29 is 9.53 Å². The van der Waals surface area contributed by atoms with Crippen LogP contribution in [0, 0.1) is 5.92 Å². The van der Waals surface area contributed by atoms with E-state index in [1.165, 1.54) is 51.4 Å². The minimum absolute atomic E-state index is 0.0548. The number of rotatable bonds is 10. The molecule has 0 radical (unpaired) electrons. The van der Waals surface area contributed by atoms with Gasteiger partial charge in [-0.05, 0) is 19.3 Å². The summed E-state index contributed by atoms with van der Waals surface area (Å²) in [5.74, 6) is 0.295. The predicted molar refractivity (Wildman–Crippen MR) is 70.9 cm³/mol. The molecule has 1 aliphatic rings. The number of unbranched alkanes of at least 4 members (excludes halogenated alkanes) is 7. The van der Waals surface area contributed by atoms with Crippen LogP contribution < -0.4 is 0 Å². The molecule has 0 heterocycles. The maximum Gasteiger partial charge on any atom is 0.308 e. The Bertz CT molecular complexity index is 197. The first-order valence-corrected chi connectivity index (χ1v) is 7.51. The van der Waals surface area contributed by atoms with Crippen molar-refractivity contribution >= 4 is 5.97 Å². The van der Waals surface area contributed by atoms with Gasteiger partial charge in [0.2, 0.25) is 0 Å². The van der Waals surface area contributed by atoms with E-state index in [0.29, 0.717) is 6.61 Å². The van der Waals surface area contributed by atoms with E-state index >= 15 is 0 Å². The zero-order valence-electron chi connectivity index (χ0n) is 11.4. The lowest BCUT2D eigenvalue weighted by atomic mass is 9.86. The first-order chi connectivity index (χ1) is 8.34. The molecule has 0 aromatic heterocycles. The minimum atomic E-state index is 0.0548. The molecule has 0 spiro atoms. The Morgan fingerprint density at radius 1 is 1.00 bits per heavy atom. The molecule has 100 valence electrons. The van der Waals surface area contributed by atoms with Crippen molar-refractivity contribution in [3.63, 3.8) is 0 Å². The summed E-state index contributed by atoms with van der Waals surface area (Å²) in [6.07, 6.45) is 13.7. The molecule has 0 aromatic rings. The highest BCUT2D eigenvalue weighted by Gasteiger charge is 2.26. The molecule has 0 atom stereocenters. The number of carbonyl (C=O) groups is 1. The largest absolute Gasteiger partial charge is 0.465 e. The van der Waals surface area contributed by atoms with E-state index in [9.17, 15) is 4.79 Å². The summed E-state index contributed by atoms with van der Waals surface area (Å²) in [5.41, 5.74) is 0. The Kier molecular flexibility index (Phi) is 8.12. The first kappa shape index (κ1) is 14.5. The zero-order chi connectivity index (χ0) is 12.3. The highest BCUT2D eigenvalue weighted by Crippen LogP contribution is 2.27. The predicted octanol–water partition coefficient (Wildman–Crippen LogP) is 4.47. The summed E-state index contributed by atoms with van der Waals surface area (Å²) in [6, 6.07) is 0. The molecule has 1 rings (SSSR count). The highest BCUT2D eigenvalue weighted by molar-refractivity contribution is 5.73. The average molecular weight is 240 g/mol. The third-order valence-electron chi connectivity index (χ3n) is 3.68. The van der Waals surface area contributed by atoms with E-state index in [0.717, 1.165) is 19.3 Å². The lowest BCUT2D eigenvalue weighted by molar-refractivity contribution is -0.151. The summed E-state index contributed by atoms with van der Waals surface area (Å²) >= 11 is 0. The van der Waals surface area contributed by atoms with Gasteiger partial charge in [0.1, 0.15) is 0 Å². The van der Waals surface area contributed by atoms with Crippen LogP contribution in [0.25, 0.3) is 0 Å². The van der Waals surface area contributed by atoms with Gasteiger partial charge in [0.05, 0.1) is 12.5 Å². The number of ether oxygens (including phenoxy) is 1. The van der Waals surface area contributed by atoms with Crippen LogP contribution in [0.3, 0.4) is 0 Å². The van der Waals surface area contributed by atoms with Gasteiger partial charge in [0, 0.05) is 0 Å². The Morgan fingerprint density at radius 2 is 1.59 bits per heavy atom. The molecule has 1 fully saturated rings. The van der Waals surface area contributed by atoms with Gasteiger partial charge >= 0.3 is 5.97 Å². The Labute approximate surface area is 106 Å². The molecule has 0 aliphatic heterocycles. The van der Waals surface area contributed by atoms with Crippen LogP contribution in [-0.2, 0) is 9.53 Å². The van der Waals surface area contributed by atoms with Crippen LogP contribution in [0.5, 0.6) is 0 Å². The monoisotopic (exact) mass is 240 g/mol. The summed E-state index contributed by atoms with van der Waals surface area (Å²) in [4.78, 5) is 11.4. The molecule has 0 N–H and O–H groups in total. The minimum Gasteiger partial charge on any atom is -0.465 e. The van der Waals surface area contributed by atoms with Crippen molar-refractivity contribution in [1.29, 1.82) is 0 Å². The molecular formula is C15H28O2. The summed E-state index contributed by atoms with van der Waals surface area (Å²) < 4.78 is 5.25. The number of hydrogen-bond donors (Lipinski definition) is 0. The second-order valence-electron chi connectivity index (χ2n) is 5.27. The first-order valence-electron chi connectivity index (χ1n) is 7.51. The van der Waals surface area contributed by atoms with E-state index in [4.69, 9.17) is 4.74 Å². The number of carbonyl (C=O) groups excluding carboxylic acids is 1. The van der Waals surface area contributed by atoms with Crippen molar-refractivity contribution in [2.75, 3.05) is 6.61 Å². The van der Waals surface area contributed by atoms with E-state index in [1.54, 1.807) is 0 Å². The molecule has 0 saturated heterocycles. The standard InChI is InChI=1S/C15H28O2/c1-2-3-4-5-6-7-8-9-13-17-15(16)14-11-10-12-14/h14H,2-13H2,1H3. The topological polar surface area (TPSA) is 26.3 Å². The molecule has 1 saturated carbocycles. The van der Waals surface area contributed by atoms with Crippen molar-refractivity contribution in [1.82, 2.24) is 0 Å². The van der Waals surface area contributed by atoms with Gasteiger partial charge in [-0.15, -0.1) is 0 Å². The quantitative estimate of drug-likeness (QED) is 0.416. The number of esters is 1.